The molecule has 0 unspecified atom stereocenters. The van der Waals surface area contributed by atoms with E-state index >= 15 is 0 Å². The topological polar surface area (TPSA) is 79.1 Å². The molecule has 1 aliphatic heterocycles. The molecule has 7 nitrogen and oxygen atoms in total. The summed E-state index contributed by atoms with van der Waals surface area (Å²) < 4.78 is 43.1. The van der Waals surface area contributed by atoms with Gasteiger partial charge in [0.05, 0.1) is 35.6 Å². The van der Waals surface area contributed by atoms with Crippen LogP contribution in [0.2, 0.25) is 0 Å². The Morgan fingerprint density at radius 2 is 1.75 bits per heavy atom. The van der Waals surface area contributed by atoms with Crippen molar-refractivity contribution >= 4 is 29.1 Å². The van der Waals surface area contributed by atoms with Gasteiger partial charge in [0.1, 0.15) is 11.5 Å². The minimum absolute atomic E-state index is 0.0628. The number of halogens is 2. The molecule has 1 aromatic heterocycles. The molecular formula is C30H24F2N2O5S. The largest absolute Gasteiger partial charge is 0.497 e. The zero-order valence-electron chi connectivity index (χ0n) is 21.5. The van der Waals surface area contributed by atoms with Gasteiger partial charge in [-0.05, 0) is 36.8 Å². The van der Waals surface area contributed by atoms with Crippen molar-refractivity contribution in [2.24, 2.45) is 4.99 Å². The van der Waals surface area contributed by atoms with Gasteiger partial charge >= 0.3 is 12.6 Å². The molecule has 1 aliphatic rings. The number of aromatic nitrogens is 1. The lowest BCUT2D eigenvalue weighted by Gasteiger charge is -2.26. The third-order valence-electron chi connectivity index (χ3n) is 6.23. The number of ether oxygens (including phenoxy) is 3. The molecule has 1 atom stereocenters. The zero-order valence-corrected chi connectivity index (χ0v) is 22.4. The van der Waals surface area contributed by atoms with Gasteiger partial charge in [0.25, 0.3) is 5.56 Å². The summed E-state index contributed by atoms with van der Waals surface area (Å²) in [4.78, 5) is 32.5. The summed E-state index contributed by atoms with van der Waals surface area (Å²) in [5.41, 5.74) is 1.78. The molecule has 204 valence electrons. The second-order valence-corrected chi connectivity index (χ2v) is 9.63. The number of carbonyl (C=O) groups is 1. The van der Waals surface area contributed by atoms with Crippen LogP contribution in [-0.2, 0) is 9.53 Å². The second kappa shape index (κ2) is 11.7. The van der Waals surface area contributed by atoms with Crippen LogP contribution < -0.4 is 24.4 Å². The first kappa shape index (κ1) is 27.0. The maximum atomic E-state index is 13.9. The van der Waals surface area contributed by atoms with Crippen molar-refractivity contribution in [2.45, 2.75) is 19.6 Å². The molecule has 40 heavy (non-hydrogen) atoms. The van der Waals surface area contributed by atoms with E-state index in [0.29, 0.717) is 32.9 Å². The van der Waals surface area contributed by atoms with E-state index in [9.17, 15) is 18.4 Å². The van der Waals surface area contributed by atoms with E-state index in [4.69, 9.17) is 14.5 Å². The highest BCUT2D eigenvalue weighted by molar-refractivity contribution is 7.07. The van der Waals surface area contributed by atoms with Crippen LogP contribution in [0.5, 0.6) is 11.5 Å². The molecule has 0 saturated carbocycles. The fourth-order valence-electron chi connectivity index (χ4n) is 4.49. The van der Waals surface area contributed by atoms with Crippen LogP contribution in [0.15, 0.2) is 94.2 Å². The van der Waals surface area contributed by atoms with Crippen LogP contribution in [0.3, 0.4) is 0 Å². The van der Waals surface area contributed by atoms with Gasteiger partial charge in [0.2, 0.25) is 0 Å². The summed E-state index contributed by atoms with van der Waals surface area (Å²) >= 11 is 1.09. The molecule has 0 N–H and O–H groups in total. The molecule has 5 rings (SSSR count). The summed E-state index contributed by atoms with van der Waals surface area (Å²) in [6.45, 7) is -1.19. The Morgan fingerprint density at radius 3 is 2.42 bits per heavy atom. The van der Waals surface area contributed by atoms with Gasteiger partial charge in [-0.2, -0.15) is 8.78 Å². The lowest BCUT2D eigenvalue weighted by molar-refractivity contribution is -0.138. The molecule has 2 heterocycles. The van der Waals surface area contributed by atoms with Crippen molar-refractivity contribution < 1.29 is 27.8 Å². The number of fused-ring (bicyclic) bond motifs is 1. The van der Waals surface area contributed by atoms with Crippen LogP contribution in [0.1, 0.15) is 29.7 Å². The number of hydrogen-bond donors (Lipinski definition) is 0. The number of hydrogen-bond acceptors (Lipinski definition) is 7. The molecule has 0 spiro atoms. The van der Waals surface area contributed by atoms with Crippen molar-refractivity contribution in [2.75, 3.05) is 13.7 Å². The van der Waals surface area contributed by atoms with Crippen molar-refractivity contribution in [3.8, 4) is 11.5 Å². The standard InChI is InChI=1S/C30H24F2N2O5S/c1-3-38-28(36)24-25(18-9-5-4-6-10-18)33-30-34(26(24)19-13-15-21(37-2)16-14-19)27(35)23(40-30)17-20-11-7-8-12-22(20)39-29(31)32/h4-17,26,29H,3H2,1-2H3/b23-17+/t26-/m0/s1. The van der Waals surface area contributed by atoms with Gasteiger partial charge in [0, 0.05) is 11.1 Å². The molecule has 0 saturated heterocycles. The average molecular weight is 563 g/mol. The molecule has 0 bridgehead atoms. The fraction of sp³-hybridized carbons (Fsp3) is 0.167. The van der Waals surface area contributed by atoms with Crippen LogP contribution in [0.25, 0.3) is 11.8 Å². The number of benzene rings is 3. The molecule has 0 radical (unpaired) electrons. The predicted octanol–water partition coefficient (Wildman–Crippen LogP) is 4.55. The van der Waals surface area contributed by atoms with Gasteiger partial charge in [-0.15, -0.1) is 0 Å². The van der Waals surface area contributed by atoms with Gasteiger partial charge in [-0.25, -0.2) is 9.79 Å². The lowest BCUT2D eigenvalue weighted by Crippen LogP contribution is -2.40. The second-order valence-electron chi connectivity index (χ2n) is 8.62. The molecule has 0 fully saturated rings. The Kier molecular flexibility index (Phi) is 7.88. The summed E-state index contributed by atoms with van der Waals surface area (Å²) in [5.74, 6) is -0.0557. The summed E-state index contributed by atoms with van der Waals surface area (Å²) in [6.07, 6.45) is 1.49. The Bertz CT molecular complexity index is 1750. The number of para-hydroxylation sites is 1. The number of rotatable bonds is 8. The van der Waals surface area contributed by atoms with E-state index < -0.39 is 24.2 Å². The maximum absolute atomic E-state index is 13.9. The number of thiazole rings is 1. The summed E-state index contributed by atoms with van der Waals surface area (Å²) in [7, 11) is 1.55. The average Bonchev–Trinajstić information content (AvgIpc) is 3.28. The number of carbonyl (C=O) groups excluding carboxylic acids is 1. The molecule has 4 aromatic rings. The predicted molar refractivity (Wildman–Crippen MR) is 147 cm³/mol. The number of alkyl halides is 2. The zero-order chi connectivity index (χ0) is 28.2. The maximum Gasteiger partial charge on any atom is 0.387 e. The van der Waals surface area contributed by atoms with E-state index in [-0.39, 0.29) is 22.5 Å². The highest BCUT2D eigenvalue weighted by atomic mass is 32.1. The fourth-order valence-corrected chi connectivity index (χ4v) is 5.48. The summed E-state index contributed by atoms with van der Waals surface area (Å²) in [6, 6.07) is 21.6. The first-order valence-electron chi connectivity index (χ1n) is 12.4. The van der Waals surface area contributed by atoms with E-state index in [1.54, 1.807) is 56.5 Å². The SMILES string of the molecule is CCOC(=O)C1=C(c2ccccc2)N=c2s/c(=C/c3ccccc3OC(F)F)c(=O)n2[C@H]1c1ccc(OC)cc1. The Morgan fingerprint density at radius 1 is 1.05 bits per heavy atom. The van der Waals surface area contributed by atoms with Crippen LogP contribution in [0, 0.1) is 0 Å². The first-order valence-corrected chi connectivity index (χ1v) is 13.2. The Labute approximate surface area is 231 Å². The summed E-state index contributed by atoms with van der Waals surface area (Å²) in [5, 5.41) is 0. The molecule has 0 aliphatic carbocycles. The van der Waals surface area contributed by atoms with E-state index in [1.165, 1.54) is 16.7 Å². The molecule has 0 amide bonds. The lowest BCUT2D eigenvalue weighted by atomic mass is 9.93. The van der Waals surface area contributed by atoms with Crippen LogP contribution in [-0.4, -0.2) is 30.9 Å². The van der Waals surface area contributed by atoms with Gasteiger partial charge in [0.15, 0.2) is 4.80 Å². The minimum Gasteiger partial charge on any atom is -0.497 e. The quantitative estimate of drug-likeness (QED) is 0.295. The van der Waals surface area contributed by atoms with Gasteiger partial charge < -0.3 is 14.2 Å². The smallest absolute Gasteiger partial charge is 0.387 e. The normalized spacial score (nSPS) is 15.0. The molecule has 3 aromatic carbocycles. The molecular weight excluding hydrogens is 538 g/mol. The highest BCUT2D eigenvalue weighted by Gasteiger charge is 2.35. The number of methoxy groups -OCH3 is 1. The van der Waals surface area contributed by atoms with Crippen LogP contribution >= 0.6 is 11.3 Å². The first-order chi connectivity index (χ1) is 19.4. The van der Waals surface area contributed by atoms with E-state index in [0.717, 1.165) is 11.3 Å². The van der Waals surface area contributed by atoms with Crippen molar-refractivity contribution in [1.82, 2.24) is 4.57 Å². The van der Waals surface area contributed by atoms with Crippen molar-refractivity contribution in [3.05, 3.63) is 121 Å². The monoisotopic (exact) mass is 562 g/mol. The van der Waals surface area contributed by atoms with Crippen molar-refractivity contribution in [1.29, 1.82) is 0 Å². The third-order valence-corrected chi connectivity index (χ3v) is 7.21. The number of nitrogens with zero attached hydrogens (tertiary/aromatic N) is 2. The third kappa shape index (κ3) is 5.30. The Balaban J connectivity index is 1.80. The van der Waals surface area contributed by atoms with E-state index in [2.05, 4.69) is 4.74 Å². The Hall–Kier alpha value is -4.57. The van der Waals surface area contributed by atoms with E-state index in [1.807, 2.05) is 30.3 Å². The van der Waals surface area contributed by atoms with Crippen molar-refractivity contribution in [3.63, 3.8) is 0 Å². The van der Waals surface area contributed by atoms with Gasteiger partial charge in [-0.3, -0.25) is 9.36 Å². The number of esters is 1. The molecule has 10 heteroatoms. The highest BCUT2D eigenvalue weighted by Crippen LogP contribution is 2.35. The van der Waals surface area contributed by atoms with Crippen LogP contribution in [0.4, 0.5) is 8.78 Å². The van der Waals surface area contributed by atoms with Gasteiger partial charge in [-0.1, -0.05) is 72.0 Å². The minimum atomic E-state index is -3.02.